The number of fused-ring (bicyclic) bond motifs is 1. The fraction of sp³-hybridized carbons (Fsp3) is 0.261. The van der Waals surface area contributed by atoms with Gasteiger partial charge in [0.05, 0.1) is 11.9 Å². The molecule has 1 fully saturated rings. The first kappa shape index (κ1) is 21.0. The summed E-state index contributed by atoms with van der Waals surface area (Å²) in [6.45, 7) is 1.28. The molecule has 1 saturated heterocycles. The van der Waals surface area contributed by atoms with Crippen molar-refractivity contribution in [2.45, 2.75) is 19.0 Å². The number of hydrogen-bond donors (Lipinski definition) is 1. The highest BCUT2D eigenvalue weighted by molar-refractivity contribution is 5.92. The van der Waals surface area contributed by atoms with E-state index in [2.05, 4.69) is 15.4 Å². The van der Waals surface area contributed by atoms with Gasteiger partial charge < -0.3 is 14.6 Å². The number of halogens is 3. The maximum absolute atomic E-state index is 13.1. The number of nitrogens with zero attached hydrogens (tertiary/aromatic N) is 4. The molecule has 1 aliphatic heterocycles. The van der Waals surface area contributed by atoms with E-state index in [0.29, 0.717) is 37.6 Å². The molecule has 1 N–H and O–H groups in total. The molecule has 0 unspecified atom stereocenters. The number of amides is 1. The Morgan fingerprint density at radius 1 is 1.03 bits per heavy atom. The van der Waals surface area contributed by atoms with Crippen LogP contribution in [0.2, 0.25) is 0 Å². The summed E-state index contributed by atoms with van der Waals surface area (Å²) in [5.41, 5.74) is 1.45. The van der Waals surface area contributed by atoms with Crippen LogP contribution in [-0.4, -0.2) is 33.8 Å². The van der Waals surface area contributed by atoms with Crippen LogP contribution in [0.15, 0.2) is 65.2 Å². The molecule has 0 aliphatic carbocycles. The number of anilines is 2. The first-order chi connectivity index (χ1) is 15.9. The molecule has 0 saturated carbocycles. The van der Waals surface area contributed by atoms with Gasteiger partial charge in [0.25, 0.3) is 6.01 Å². The van der Waals surface area contributed by atoms with Gasteiger partial charge in [-0.15, -0.1) is 0 Å². The minimum absolute atomic E-state index is 0.116. The summed E-state index contributed by atoms with van der Waals surface area (Å²) in [7, 11) is 0. The molecule has 4 aromatic rings. The number of carbonyl (C=O) groups is 1. The Morgan fingerprint density at radius 3 is 2.45 bits per heavy atom. The summed E-state index contributed by atoms with van der Waals surface area (Å²) in [5, 5.41) is 6.61. The summed E-state index contributed by atoms with van der Waals surface area (Å²) in [4.78, 5) is 19.3. The van der Waals surface area contributed by atoms with Gasteiger partial charge in [-0.1, -0.05) is 12.1 Å². The molecule has 2 aromatic heterocycles. The summed E-state index contributed by atoms with van der Waals surface area (Å²) >= 11 is 0. The van der Waals surface area contributed by atoms with Gasteiger partial charge in [0.1, 0.15) is 11.2 Å². The summed E-state index contributed by atoms with van der Waals surface area (Å²) in [6, 6.07) is 15.2. The second kappa shape index (κ2) is 8.27. The van der Waals surface area contributed by atoms with Gasteiger partial charge in [-0.3, -0.25) is 4.79 Å². The van der Waals surface area contributed by atoms with Gasteiger partial charge >= 0.3 is 6.18 Å². The third-order valence-corrected chi connectivity index (χ3v) is 5.73. The van der Waals surface area contributed by atoms with E-state index in [0.717, 1.165) is 28.0 Å². The maximum atomic E-state index is 13.1. The Bertz CT molecular complexity index is 1240. The topological polar surface area (TPSA) is 76.2 Å². The zero-order valence-electron chi connectivity index (χ0n) is 17.4. The van der Waals surface area contributed by atoms with Crippen molar-refractivity contribution in [2.75, 3.05) is 23.3 Å². The van der Waals surface area contributed by atoms with Crippen LogP contribution in [0.1, 0.15) is 18.5 Å². The second-order valence-corrected chi connectivity index (χ2v) is 7.89. The number of nitrogens with one attached hydrogen (secondary N) is 1. The molecule has 170 valence electrons. The quantitative estimate of drug-likeness (QED) is 0.474. The molecule has 3 heterocycles. The standard InChI is InChI=1S/C23H20F3N5O2/c24-23(25,26)20-9-12-27-31(20)17-7-5-16(6-8-17)28-21(32)15-10-13-30(14-11-15)22-29-18-3-1-2-4-19(18)33-22/h1-9,12,15H,10-11,13-14H2,(H,28,32). The molecule has 33 heavy (non-hydrogen) atoms. The van der Waals surface area contributed by atoms with Crippen molar-refractivity contribution < 1.29 is 22.4 Å². The zero-order valence-corrected chi connectivity index (χ0v) is 17.4. The van der Waals surface area contributed by atoms with Crippen LogP contribution in [0.25, 0.3) is 16.8 Å². The van der Waals surface area contributed by atoms with E-state index in [1.54, 1.807) is 12.1 Å². The van der Waals surface area contributed by atoms with Gasteiger partial charge in [0.2, 0.25) is 5.91 Å². The smallest absolute Gasteiger partial charge is 0.423 e. The fourth-order valence-electron chi connectivity index (χ4n) is 3.98. The van der Waals surface area contributed by atoms with E-state index in [1.165, 1.54) is 12.1 Å². The van der Waals surface area contributed by atoms with Crippen molar-refractivity contribution in [2.24, 2.45) is 5.92 Å². The lowest BCUT2D eigenvalue weighted by Gasteiger charge is -2.30. The zero-order chi connectivity index (χ0) is 23.0. The van der Waals surface area contributed by atoms with Crippen LogP contribution in [0.4, 0.5) is 24.9 Å². The van der Waals surface area contributed by atoms with Gasteiger partial charge in [0, 0.05) is 24.7 Å². The van der Waals surface area contributed by atoms with E-state index in [9.17, 15) is 18.0 Å². The highest BCUT2D eigenvalue weighted by Gasteiger charge is 2.35. The van der Waals surface area contributed by atoms with Crippen LogP contribution in [-0.2, 0) is 11.0 Å². The number of aromatic nitrogens is 3. The molecule has 0 radical (unpaired) electrons. The normalized spacial score (nSPS) is 15.2. The monoisotopic (exact) mass is 455 g/mol. The number of rotatable bonds is 4. The number of oxazole rings is 1. The Kier molecular flexibility index (Phi) is 5.27. The molecular formula is C23H20F3N5O2. The van der Waals surface area contributed by atoms with Crippen LogP contribution >= 0.6 is 0 Å². The summed E-state index contributed by atoms with van der Waals surface area (Å²) in [6.07, 6.45) is -2.11. The van der Waals surface area contributed by atoms with Gasteiger partial charge in [-0.25, -0.2) is 4.68 Å². The molecule has 7 nitrogen and oxygen atoms in total. The van der Waals surface area contributed by atoms with Crippen molar-refractivity contribution in [1.82, 2.24) is 14.8 Å². The van der Waals surface area contributed by atoms with Crippen molar-refractivity contribution in [3.63, 3.8) is 0 Å². The molecule has 2 aromatic carbocycles. The molecular weight excluding hydrogens is 435 g/mol. The van der Waals surface area contributed by atoms with Gasteiger partial charge in [0.15, 0.2) is 5.58 Å². The Hall–Kier alpha value is -3.82. The van der Waals surface area contributed by atoms with Crippen molar-refractivity contribution in [3.8, 4) is 5.69 Å². The fourth-order valence-corrected chi connectivity index (χ4v) is 3.98. The van der Waals surface area contributed by atoms with Crippen LogP contribution < -0.4 is 10.2 Å². The van der Waals surface area contributed by atoms with Crippen LogP contribution in [0.5, 0.6) is 0 Å². The first-order valence-corrected chi connectivity index (χ1v) is 10.5. The second-order valence-electron chi connectivity index (χ2n) is 7.89. The van der Waals surface area contributed by atoms with E-state index in [4.69, 9.17) is 4.42 Å². The Balaban J connectivity index is 1.20. The summed E-state index contributed by atoms with van der Waals surface area (Å²) < 4.78 is 45.9. The Labute approximate surface area is 186 Å². The minimum atomic E-state index is -4.50. The van der Waals surface area contributed by atoms with Gasteiger partial charge in [-0.2, -0.15) is 23.3 Å². The molecule has 10 heteroatoms. The third kappa shape index (κ3) is 4.28. The summed E-state index contributed by atoms with van der Waals surface area (Å²) in [5.74, 6) is -0.289. The van der Waals surface area contributed by atoms with Crippen molar-refractivity contribution >= 4 is 28.7 Å². The first-order valence-electron chi connectivity index (χ1n) is 10.5. The average Bonchev–Trinajstić information content (AvgIpc) is 3.47. The molecule has 0 bridgehead atoms. The lowest BCUT2D eigenvalue weighted by molar-refractivity contribution is -0.142. The highest BCUT2D eigenvalue weighted by Crippen LogP contribution is 2.31. The lowest BCUT2D eigenvalue weighted by Crippen LogP contribution is -2.38. The molecule has 1 amide bonds. The predicted octanol–water partition coefficient (Wildman–Crippen LogP) is 4.89. The van der Waals surface area contributed by atoms with E-state index < -0.39 is 11.9 Å². The average molecular weight is 455 g/mol. The maximum Gasteiger partial charge on any atom is 0.433 e. The van der Waals surface area contributed by atoms with Crippen molar-refractivity contribution in [1.29, 1.82) is 0 Å². The van der Waals surface area contributed by atoms with Crippen molar-refractivity contribution in [3.05, 3.63) is 66.5 Å². The molecule has 0 atom stereocenters. The van der Waals surface area contributed by atoms with Gasteiger partial charge in [-0.05, 0) is 55.3 Å². The minimum Gasteiger partial charge on any atom is -0.423 e. The van der Waals surface area contributed by atoms with Crippen LogP contribution in [0.3, 0.4) is 0 Å². The molecule has 1 aliphatic rings. The van der Waals surface area contributed by atoms with Crippen LogP contribution in [0, 0.1) is 5.92 Å². The number of carbonyl (C=O) groups excluding carboxylic acids is 1. The highest BCUT2D eigenvalue weighted by atomic mass is 19.4. The SMILES string of the molecule is O=C(Nc1ccc(-n2nccc2C(F)(F)F)cc1)C1CCN(c2nc3ccccc3o2)CC1. The lowest BCUT2D eigenvalue weighted by atomic mass is 9.96. The van der Waals surface area contributed by atoms with E-state index >= 15 is 0 Å². The largest absolute Gasteiger partial charge is 0.433 e. The Morgan fingerprint density at radius 2 is 1.76 bits per heavy atom. The predicted molar refractivity (Wildman–Crippen MR) is 116 cm³/mol. The van der Waals surface area contributed by atoms with E-state index in [1.807, 2.05) is 29.2 Å². The molecule has 5 rings (SSSR count). The number of benzene rings is 2. The number of hydrogen-bond acceptors (Lipinski definition) is 5. The number of para-hydroxylation sites is 2. The van der Waals surface area contributed by atoms with E-state index in [-0.39, 0.29) is 17.5 Å². The third-order valence-electron chi connectivity index (χ3n) is 5.73. The molecule has 0 spiro atoms. The number of piperidine rings is 1. The number of alkyl halides is 3.